The highest BCUT2D eigenvalue weighted by Crippen LogP contribution is 2.64. The van der Waals surface area contributed by atoms with Gasteiger partial charge in [-0.15, -0.1) is 0 Å². The number of aromatic nitrogens is 3. The lowest BCUT2D eigenvalue weighted by Gasteiger charge is -2.30. The summed E-state index contributed by atoms with van der Waals surface area (Å²) in [5.41, 5.74) is 16.5. The molecule has 2 aliphatic rings. The van der Waals surface area contributed by atoms with Gasteiger partial charge in [-0.3, -0.25) is 0 Å². The van der Waals surface area contributed by atoms with Gasteiger partial charge in [-0.2, -0.15) is 0 Å². The summed E-state index contributed by atoms with van der Waals surface area (Å²) in [6, 6.07) is 66.7. The van der Waals surface area contributed by atoms with E-state index in [2.05, 4.69) is 140 Å². The van der Waals surface area contributed by atoms with E-state index in [0.717, 1.165) is 49.8 Å². The van der Waals surface area contributed by atoms with Gasteiger partial charge >= 0.3 is 0 Å². The molecule has 2 heterocycles. The van der Waals surface area contributed by atoms with Crippen LogP contribution < -0.4 is 0 Å². The lowest BCUT2D eigenvalue weighted by Crippen LogP contribution is -2.25. The van der Waals surface area contributed by atoms with Gasteiger partial charge in [0.15, 0.2) is 17.5 Å². The van der Waals surface area contributed by atoms with Crippen molar-refractivity contribution in [1.82, 2.24) is 15.0 Å². The number of furan rings is 1. The second-order valence-corrected chi connectivity index (χ2v) is 14.6. The third-order valence-electron chi connectivity index (χ3n) is 11.8. The molecule has 0 radical (unpaired) electrons. The van der Waals surface area contributed by atoms with E-state index < -0.39 is 5.41 Å². The monoisotopic (exact) mass is 713 g/mol. The predicted molar refractivity (Wildman–Crippen MR) is 225 cm³/mol. The van der Waals surface area contributed by atoms with E-state index in [0.29, 0.717) is 17.5 Å². The van der Waals surface area contributed by atoms with Crippen molar-refractivity contribution in [3.8, 4) is 67.5 Å². The molecule has 56 heavy (non-hydrogen) atoms. The molecule has 0 saturated carbocycles. The van der Waals surface area contributed by atoms with Crippen molar-refractivity contribution in [2.24, 2.45) is 0 Å². The first-order chi connectivity index (χ1) is 27.8. The fourth-order valence-electron chi connectivity index (χ4n) is 9.58. The summed E-state index contributed by atoms with van der Waals surface area (Å²) in [5.74, 6) is 1.83. The van der Waals surface area contributed by atoms with Crippen LogP contribution in [0.2, 0.25) is 0 Å². The molecule has 12 rings (SSSR count). The van der Waals surface area contributed by atoms with Gasteiger partial charge in [0.05, 0.1) is 5.41 Å². The first-order valence-corrected chi connectivity index (χ1v) is 19.0. The van der Waals surface area contributed by atoms with Crippen molar-refractivity contribution in [2.75, 3.05) is 0 Å². The van der Waals surface area contributed by atoms with Crippen LogP contribution in [0.15, 0.2) is 192 Å². The van der Waals surface area contributed by atoms with Crippen LogP contribution in [-0.2, 0) is 5.41 Å². The smallest absolute Gasteiger partial charge is 0.164 e. The lowest BCUT2D eigenvalue weighted by molar-refractivity contribution is 0.669. The first kappa shape index (κ1) is 31.0. The molecule has 0 N–H and O–H groups in total. The van der Waals surface area contributed by atoms with E-state index in [4.69, 9.17) is 19.4 Å². The third kappa shape index (κ3) is 4.21. The molecule has 2 aliphatic carbocycles. The summed E-state index contributed by atoms with van der Waals surface area (Å²) < 4.78 is 6.31. The molecule has 2 aromatic heterocycles. The maximum absolute atomic E-state index is 6.31. The number of para-hydroxylation sites is 1. The highest BCUT2D eigenvalue weighted by molar-refractivity contribution is 6.12. The van der Waals surface area contributed by atoms with E-state index in [1.165, 1.54) is 44.5 Å². The molecule has 0 unspecified atom stereocenters. The van der Waals surface area contributed by atoms with E-state index in [9.17, 15) is 0 Å². The zero-order valence-electron chi connectivity index (χ0n) is 30.1. The molecule has 0 amide bonds. The minimum absolute atomic E-state index is 0.434. The molecule has 8 aromatic carbocycles. The maximum atomic E-state index is 6.31. The molecule has 10 aromatic rings. The average Bonchev–Trinajstić information content (AvgIpc) is 3.91. The van der Waals surface area contributed by atoms with E-state index in [1.54, 1.807) is 0 Å². The number of benzene rings is 8. The number of rotatable bonds is 4. The predicted octanol–water partition coefficient (Wildman–Crippen LogP) is 12.8. The standard InChI is InChI=1S/C52H31N3O/c1-2-16-32(17-3-1)49-53-50(55-51(54-49)40-25-15-31-46-48(40)39-23-9-13-30-45(39)56-46)37-21-5-4-18-33(37)36-24-14-29-44-47(36)38-22-8-12-28-43(38)52(44)41-26-10-6-19-34(41)35-20-7-11-27-42(35)52/h1-31H. The Kier molecular flexibility index (Phi) is 6.52. The van der Waals surface area contributed by atoms with Crippen LogP contribution >= 0.6 is 0 Å². The van der Waals surface area contributed by atoms with E-state index >= 15 is 0 Å². The number of nitrogens with zero attached hydrogens (tertiary/aromatic N) is 3. The fraction of sp³-hybridized carbons (Fsp3) is 0.0192. The van der Waals surface area contributed by atoms with Crippen molar-refractivity contribution in [1.29, 1.82) is 0 Å². The SMILES string of the molecule is c1ccc(-c2nc(-c3ccccc3-c3cccc4c3-c3ccccc3C43c4ccccc4-c4ccccc43)nc(-c3cccc4oc5ccccc5c34)n2)cc1. The van der Waals surface area contributed by atoms with E-state index in [-0.39, 0.29) is 0 Å². The average molecular weight is 714 g/mol. The molecule has 0 atom stereocenters. The van der Waals surface area contributed by atoms with Gasteiger partial charge in [0.25, 0.3) is 0 Å². The Morgan fingerprint density at radius 3 is 1.55 bits per heavy atom. The second-order valence-electron chi connectivity index (χ2n) is 14.6. The quantitative estimate of drug-likeness (QED) is 0.182. The summed E-state index contributed by atoms with van der Waals surface area (Å²) >= 11 is 0. The van der Waals surface area contributed by atoms with Crippen molar-refractivity contribution < 1.29 is 4.42 Å². The molecule has 0 fully saturated rings. The topological polar surface area (TPSA) is 51.8 Å². The van der Waals surface area contributed by atoms with Gasteiger partial charge in [0.1, 0.15) is 11.2 Å². The van der Waals surface area contributed by atoms with Gasteiger partial charge in [-0.1, -0.05) is 176 Å². The Hall–Kier alpha value is -7.43. The molecule has 4 nitrogen and oxygen atoms in total. The third-order valence-corrected chi connectivity index (χ3v) is 11.8. The van der Waals surface area contributed by atoms with Gasteiger partial charge in [-0.05, 0) is 67.8 Å². The van der Waals surface area contributed by atoms with Crippen LogP contribution in [0.5, 0.6) is 0 Å². The number of fused-ring (bicyclic) bond motifs is 13. The highest BCUT2D eigenvalue weighted by atomic mass is 16.3. The summed E-state index contributed by atoms with van der Waals surface area (Å²) in [4.78, 5) is 15.7. The molecule has 0 saturated heterocycles. The minimum Gasteiger partial charge on any atom is -0.456 e. The Labute approximate surface area is 323 Å². The Morgan fingerprint density at radius 2 is 0.804 bits per heavy atom. The van der Waals surface area contributed by atoms with Gasteiger partial charge < -0.3 is 4.42 Å². The molecule has 0 bridgehead atoms. The summed E-state index contributed by atoms with van der Waals surface area (Å²) in [6.45, 7) is 0. The van der Waals surface area contributed by atoms with Crippen LogP contribution in [0.25, 0.3) is 89.5 Å². The van der Waals surface area contributed by atoms with Crippen LogP contribution in [0, 0.1) is 0 Å². The number of hydrogen-bond acceptors (Lipinski definition) is 4. The van der Waals surface area contributed by atoms with Crippen molar-refractivity contribution >= 4 is 21.9 Å². The minimum atomic E-state index is -0.434. The zero-order chi connectivity index (χ0) is 36.8. The van der Waals surface area contributed by atoms with Crippen LogP contribution in [-0.4, -0.2) is 15.0 Å². The number of hydrogen-bond donors (Lipinski definition) is 0. The largest absolute Gasteiger partial charge is 0.456 e. The Bertz CT molecular complexity index is 3170. The van der Waals surface area contributed by atoms with Gasteiger partial charge in [0, 0.05) is 27.5 Å². The van der Waals surface area contributed by atoms with Crippen molar-refractivity contribution in [2.45, 2.75) is 5.41 Å². The fourth-order valence-corrected chi connectivity index (χ4v) is 9.58. The first-order valence-electron chi connectivity index (χ1n) is 19.0. The Balaban J connectivity index is 1.12. The zero-order valence-corrected chi connectivity index (χ0v) is 30.1. The second kappa shape index (κ2) is 11.8. The normalized spacial score (nSPS) is 13.1. The molecule has 4 heteroatoms. The molecular formula is C52H31N3O. The maximum Gasteiger partial charge on any atom is 0.164 e. The molecule has 260 valence electrons. The van der Waals surface area contributed by atoms with Crippen LogP contribution in [0.3, 0.4) is 0 Å². The van der Waals surface area contributed by atoms with Crippen LogP contribution in [0.4, 0.5) is 0 Å². The van der Waals surface area contributed by atoms with Gasteiger partial charge in [-0.25, -0.2) is 15.0 Å². The lowest BCUT2D eigenvalue weighted by atomic mass is 9.70. The molecule has 1 spiro atoms. The summed E-state index contributed by atoms with van der Waals surface area (Å²) in [6.07, 6.45) is 0. The summed E-state index contributed by atoms with van der Waals surface area (Å²) in [5, 5.41) is 2.02. The Morgan fingerprint density at radius 1 is 0.321 bits per heavy atom. The summed E-state index contributed by atoms with van der Waals surface area (Å²) in [7, 11) is 0. The van der Waals surface area contributed by atoms with Crippen molar-refractivity contribution in [3.63, 3.8) is 0 Å². The highest BCUT2D eigenvalue weighted by Gasteiger charge is 2.52. The molecule has 0 aliphatic heterocycles. The van der Waals surface area contributed by atoms with Gasteiger partial charge in [0.2, 0.25) is 0 Å². The molecular weight excluding hydrogens is 683 g/mol. The van der Waals surface area contributed by atoms with E-state index in [1.807, 2.05) is 48.5 Å². The van der Waals surface area contributed by atoms with Crippen molar-refractivity contribution in [3.05, 3.63) is 210 Å². The van der Waals surface area contributed by atoms with Crippen LogP contribution in [0.1, 0.15) is 22.3 Å².